The van der Waals surface area contributed by atoms with Gasteiger partial charge in [-0.05, 0) is 76.1 Å². The van der Waals surface area contributed by atoms with Crippen molar-refractivity contribution >= 4 is 35.1 Å². The average molecular weight is 492 g/mol. The van der Waals surface area contributed by atoms with Gasteiger partial charge in [0.25, 0.3) is 17.7 Å². The Morgan fingerprint density at radius 2 is 1.67 bits per heavy atom. The first-order chi connectivity index (χ1) is 17.3. The van der Waals surface area contributed by atoms with Crippen LogP contribution in [0.2, 0.25) is 0 Å². The summed E-state index contributed by atoms with van der Waals surface area (Å²) in [6, 6.07) is 12.1. The van der Waals surface area contributed by atoms with Gasteiger partial charge in [-0.1, -0.05) is 19.3 Å². The normalized spacial score (nSPS) is 15.7. The molecule has 0 unspecified atom stereocenters. The standard InChI is InChI=1S/C28H33N3O5/c1-4-30(18(2)3)21-13-11-20(12-14-21)29-25(32)17-36-28(35)19-10-15-23-24(16-19)27(34)31(26(23)33)22-8-6-5-7-9-22/h10-16,18,22H,4-9,17H2,1-3H3,(H,29,32). The first-order valence-corrected chi connectivity index (χ1v) is 12.7. The highest BCUT2D eigenvalue weighted by atomic mass is 16.5. The first-order valence-electron chi connectivity index (χ1n) is 12.7. The summed E-state index contributed by atoms with van der Waals surface area (Å²) in [6.07, 6.45) is 4.73. The number of ether oxygens (including phenoxy) is 1. The quantitative estimate of drug-likeness (QED) is 0.427. The number of benzene rings is 2. The molecular weight excluding hydrogens is 458 g/mol. The fourth-order valence-electron chi connectivity index (χ4n) is 5.05. The molecule has 8 heteroatoms. The minimum atomic E-state index is -0.727. The Morgan fingerprint density at radius 3 is 2.31 bits per heavy atom. The molecule has 1 aliphatic carbocycles. The van der Waals surface area contributed by atoms with Crippen LogP contribution in [0.4, 0.5) is 11.4 Å². The zero-order chi connectivity index (χ0) is 25.8. The average Bonchev–Trinajstić information content (AvgIpc) is 3.13. The molecule has 8 nitrogen and oxygen atoms in total. The van der Waals surface area contributed by atoms with E-state index in [2.05, 4.69) is 31.0 Å². The SMILES string of the molecule is CCN(c1ccc(NC(=O)COC(=O)c2ccc3c(c2)C(=O)N(C2CCCCC2)C3=O)cc1)C(C)C. The first kappa shape index (κ1) is 25.4. The highest BCUT2D eigenvalue weighted by Crippen LogP contribution is 2.31. The van der Waals surface area contributed by atoms with E-state index in [9.17, 15) is 19.2 Å². The molecule has 4 rings (SSSR count). The van der Waals surface area contributed by atoms with E-state index in [1.165, 1.54) is 23.1 Å². The lowest BCUT2D eigenvalue weighted by atomic mass is 9.94. The Balaban J connectivity index is 1.34. The van der Waals surface area contributed by atoms with E-state index in [-0.39, 0.29) is 29.0 Å². The molecule has 0 spiro atoms. The van der Waals surface area contributed by atoms with Crippen molar-refractivity contribution in [3.8, 4) is 0 Å². The van der Waals surface area contributed by atoms with Gasteiger partial charge in [-0.15, -0.1) is 0 Å². The van der Waals surface area contributed by atoms with Crippen LogP contribution < -0.4 is 10.2 Å². The predicted octanol–water partition coefficient (Wildman–Crippen LogP) is 4.65. The summed E-state index contributed by atoms with van der Waals surface area (Å²) >= 11 is 0. The van der Waals surface area contributed by atoms with E-state index in [0.717, 1.165) is 44.3 Å². The zero-order valence-electron chi connectivity index (χ0n) is 21.1. The van der Waals surface area contributed by atoms with E-state index >= 15 is 0 Å². The molecule has 0 bridgehead atoms. The highest BCUT2D eigenvalue weighted by Gasteiger charge is 2.40. The van der Waals surface area contributed by atoms with Gasteiger partial charge in [-0.3, -0.25) is 19.3 Å². The summed E-state index contributed by atoms with van der Waals surface area (Å²) < 4.78 is 5.17. The summed E-state index contributed by atoms with van der Waals surface area (Å²) in [7, 11) is 0. The van der Waals surface area contributed by atoms with Crippen LogP contribution in [0.5, 0.6) is 0 Å². The molecule has 0 radical (unpaired) electrons. The second kappa shape index (κ2) is 10.9. The molecule has 1 aliphatic heterocycles. The molecule has 1 saturated carbocycles. The van der Waals surface area contributed by atoms with Gasteiger partial charge < -0.3 is 15.0 Å². The molecule has 1 fully saturated rings. The van der Waals surface area contributed by atoms with E-state index in [1.807, 2.05) is 12.1 Å². The second-order valence-corrected chi connectivity index (χ2v) is 9.58. The maximum atomic E-state index is 13.0. The largest absolute Gasteiger partial charge is 0.452 e. The van der Waals surface area contributed by atoms with E-state index in [4.69, 9.17) is 4.74 Å². The second-order valence-electron chi connectivity index (χ2n) is 9.58. The van der Waals surface area contributed by atoms with Gasteiger partial charge in [-0.2, -0.15) is 0 Å². The molecule has 1 heterocycles. The molecule has 0 aromatic heterocycles. The zero-order valence-corrected chi connectivity index (χ0v) is 21.1. The van der Waals surface area contributed by atoms with E-state index in [1.54, 1.807) is 12.1 Å². The van der Waals surface area contributed by atoms with Crippen molar-refractivity contribution in [2.24, 2.45) is 0 Å². The molecule has 2 aliphatic rings. The number of esters is 1. The molecule has 2 aromatic carbocycles. The number of rotatable bonds is 8. The van der Waals surface area contributed by atoms with Gasteiger partial charge >= 0.3 is 5.97 Å². The van der Waals surface area contributed by atoms with Gasteiger partial charge in [0.2, 0.25) is 0 Å². The number of hydrogen-bond acceptors (Lipinski definition) is 6. The number of nitrogens with zero attached hydrogens (tertiary/aromatic N) is 2. The maximum absolute atomic E-state index is 13.0. The highest BCUT2D eigenvalue weighted by molar-refractivity contribution is 6.22. The van der Waals surface area contributed by atoms with Crippen molar-refractivity contribution in [2.45, 2.75) is 65.0 Å². The topological polar surface area (TPSA) is 96.0 Å². The molecule has 1 N–H and O–H groups in total. The van der Waals surface area contributed by atoms with Crippen LogP contribution in [-0.2, 0) is 9.53 Å². The summed E-state index contributed by atoms with van der Waals surface area (Å²) in [5.41, 5.74) is 2.31. The molecule has 0 saturated heterocycles. The van der Waals surface area contributed by atoms with Crippen LogP contribution in [0, 0.1) is 0 Å². The lowest BCUT2D eigenvalue weighted by Gasteiger charge is -2.29. The third-order valence-corrected chi connectivity index (χ3v) is 6.87. The van der Waals surface area contributed by atoms with Crippen molar-refractivity contribution in [3.05, 3.63) is 59.2 Å². The van der Waals surface area contributed by atoms with Crippen LogP contribution in [0.25, 0.3) is 0 Å². The number of fused-ring (bicyclic) bond motifs is 1. The fraction of sp³-hybridized carbons (Fsp3) is 0.429. The van der Waals surface area contributed by atoms with Crippen molar-refractivity contribution in [3.63, 3.8) is 0 Å². The van der Waals surface area contributed by atoms with Gasteiger partial charge in [0.05, 0.1) is 16.7 Å². The summed E-state index contributed by atoms with van der Waals surface area (Å²) in [5.74, 6) is -1.86. The Hall–Kier alpha value is -3.68. The number of carbonyl (C=O) groups excluding carboxylic acids is 4. The lowest BCUT2D eigenvalue weighted by Crippen LogP contribution is -2.40. The van der Waals surface area contributed by atoms with E-state index in [0.29, 0.717) is 17.3 Å². The third kappa shape index (κ3) is 5.27. The van der Waals surface area contributed by atoms with Gasteiger partial charge in [0.15, 0.2) is 6.61 Å². The van der Waals surface area contributed by atoms with Crippen molar-refractivity contribution in [1.29, 1.82) is 0 Å². The predicted molar refractivity (Wildman–Crippen MR) is 137 cm³/mol. The van der Waals surface area contributed by atoms with Crippen molar-refractivity contribution in [2.75, 3.05) is 23.4 Å². The Morgan fingerprint density at radius 1 is 1.00 bits per heavy atom. The van der Waals surface area contributed by atoms with Gasteiger partial charge in [0, 0.05) is 30.0 Å². The van der Waals surface area contributed by atoms with Gasteiger partial charge in [-0.25, -0.2) is 4.79 Å². The maximum Gasteiger partial charge on any atom is 0.338 e. The van der Waals surface area contributed by atoms with Crippen LogP contribution in [-0.4, -0.2) is 53.8 Å². The Kier molecular flexibility index (Phi) is 7.72. The Bertz CT molecular complexity index is 1150. The summed E-state index contributed by atoms with van der Waals surface area (Å²) in [6.45, 7) is 6.74. The molecular formula is C28H33N3O5. The van der Waals surface area contributed by atoms with E-state index < -0.39 is 18.5 Å². The lowest BCUT2D eigenvalue weighted by molar-refractivity contribution is -0.119. The number of hydrogen-bond donors (Lipinski definition) is 1. The molecule has 3 amide bonds. The van der Waals surface area contributed by atoms with Crippen molar-refractivity contribution < 1.29 is 23.9 Å². The number of carbonyl (C=O) groups is 4. The number of amides is 3. The molecule has 2 aromatic rings. The summed E-state index contributed by atoms with van der Waals surface area (Å²) in [4.78, 5) is 54.3. The monoisotopic (exact) mass is 491 g/mol. The number of nitrogens with one attached hydrogen (secondary N) is 1. The van der Waals surface area contributed by atoms with Crippen molar-refractivity contribution in [1.82, 2.24) is 4.90 Å². The minimum Gasteiger partial charge on any atom is -0.452 e. The number of imide groups is 1. The van der Waals surface area contributed by atoms with Crippen LogP contribution >= 0.6 is 0 Å². The molecule has 36 heavy (non-hydrogen) atoms. The van der Waals surface area contributed by atoms with Gasteiger partial charge in [0.1, 0.15) is 0 Å². The molecule has 0 atom stereocenters. The summed E-state index contributed by atoms with van der Waals surface area (Å²) in [5, 5.41) is 2.72. The fourth-order valence-corrected chi connectivity index (χ4v) is 5.05. The smallest absolute Gasteiger partial charge is 0.338 e. The Labute approximate surface area is 211 Å². The van der Waals surface area contributed by atoms with Crippen LogP contribution in [0.1, 0.15) is 83.9 Å². The van der Waals surface area contributed by atoms with Crippen LogP contribution in [0.15, 0.2) is 42.5 Å². The third-order valence-electron chi connectivity index (χ3n) is 6.87. The molecule has 190 valence electrons. The minimum absolute atomic E-state index is 0.0882. The van der Waals surface area contributed by atoms with Crippen LogP contribution in [0.3, 0.4) is 0 Å². The number of anilines is 2.